The molecule has 0 saturated carbocycles. The molecule has 0 atom stereocenters. The molecular formula is C43H54N10O4S5. The van der Waals surface area contributed by atoms with E-state index in [0.29, 0.717) is 17.5 Å². The van der Waals surface area contributed by atoms with Gasteiger partial charge in [0.25, 0.3) is 11.8 Å². The lowest BCUT2D eigenvalue weighted by molar-refractivity contribution is 0.0595. The summed E-state index contributed by atoms with van der Waals surface area (Å²) in [7, 11) is 1.35. The van der Waals surface area contributed by atoms with Crippen LogP contribution in [-0.2, 0) is 26.4 Å². The van der Waals surface area contributed by atoms with Gasteiger partial charge in [0.05, 0.1) is 35.6 Å². The molecule has 0 bridgehead atoms. The van der Waals surface area contributed by atoms with E-state index in [4.69, 9.17) is 8.94 Å². The first kappa shape index (κ1) is 49.7. The maximum atomic E-state index is 11.3. The van der Waals surface area contributed by atoms with Crippen molar-refractivity contribution in [2.75, 3.05) is 7.11 Å². The van der Waals surface area contributed by atoms with E-state index in [2.05, 4.69) is 143 Å². The smallest absolute Gasteiger partial charge is 0.357 e. The van der Waals surface area contributed by atoms with Gasteiger partial charge < -0.3 is 13.7 Å². The molecule has 0 radical (unpaired) electrons. The third-order valence-corrected chi connectivity index (χ3v) is 12.5. The molecule has 0 spiro atoms. The second-order valence-corrected chi connectivity index (χ2v) is 21.7. The Bertz CT molecular complexity index is 2460. The highest BCUT2D eigenvalue weighted by molar-refractivity contribution is 7.20. The zero-order chi connectivity index (χ0) is 44.6. The first-order valence-electron chi connectivity index (χ1n) is 19.0. The highest BCUT2D eigenvalue weighted by Crippen LogP contribution is 2.33. The zero-order valence-electron chi connectivity index (χ0n) is 36.5. The van der Waals surface area contributed by atoms with Gasteiger partial charge in [-0.3, -0.25) is 4.98 Å². The molecule has 8 aromatic heterocycles. The van der Waals surface area contributed by atoms with E-state index in [1.54, 1.807) is 34.3 Å². The first-order valence-corrected chi connectivity index (χ1v) is 23.4. The average molecular weight is 935 g/mol. The van der Waals surface area contributed by atoms with Gasteiger partial charge in [0.1, 0.15) is 5.01 Å². The van der Waals surface area contributed by atoms with Gasteiger partial charge in [-0.15, -0.1) is 66.9 Å². The summed E-state index contributed by atoms with van der Waals surface area (Å²) in [5, 5.41) is 25.1. The predicted molar refractivity (Wildman–Crippen MR) is 252 cm³/mol. The van der Waals surface area contributed by atoms with Crippen molar-refractivity contribution < 1.29 is 18.5 Å². The minimum Gasteiger partial charge on any atom is -0.464 e. The Labute approximate surface area is 383 Å². The van der Waals surface area contributed by atoms with Crippen LogP contribution in [0, 0.1) is 0 Å². The largest absolute Gasteiger partial charge is 0.464 e. The lowest BCUT2D eigenvalue weighted by Gasteiger charge is -2.14. The van der Waals surface area contributed by atoms with Crippen molar-refractivity contribution in [1.29, 1.82) is 0 Å². The number of methoxy groups -OCH3 is 1. The van der Waals surface area contributed by atoms with Crippen molar-refractivity contribution in [1.82, 2.24) is 50.2 Å². The Morgan fingerprint density at radius 2 is 1.05 bits per heavy atom. The van der Waals surface area contributed by atoms with Crippen molar-refractivity contribution in [2.24, 2.45) is 0 Å². The van der Waals surface area contributed by atoms with Crippen molar-refractivity contribution in [3.63, 3.8) is 0 Å². The lowest BCUT2D eigenvalue weighted by Crippen LogP contribution is -2.11. The minimum atomic E-state index is -0.412. The van der Waals surface area contributed by atoms with E-state index < -0.39 is 5.97 Å². The molecule has 0 saturated heterocycles. The van der Waals surface area contributed by atoms with Crippen LogP contribution in [0.3, 0.4) is 0 Å². The van der Waals surface area contributed by atoms with Crippen LogP contribution in [0.15, 0.2) is 73.0 Å². The molecule has 0 N–H and O–H groups in total. The Morgan fingerprint density at radius 3 is 1.48 bits per heavy atom. The van der Waals surface area contributed by atoms with Crippen LogP contribution in [-0.4, -0.2) is 63.3 Å². The number of carbonyl (C=O) groups excluding carboxylic acids is 1. The van der Waals surface area contributed by atoms with E-state index in [-0.39, 0.29) is 29.1 Å². The summed E-state index contributed by atoms with van der Waals surface area (Å²) >= 11 is 7.66. The lowest BCUT2D eigenvalue weighted by atomic mass is 9.93. The van der Waals surface area contributed by atoms with Crippen LogP contribution >= 0.6 is 56.7 Å². The number of carbonyl (C=O) groups is 1. The third-order valence-electron chi connectivity index (χ3n) is 8.14. The highest BCUT2D eigenvalue weighted by atomic mass is 32.1. The number of aromatic nitrogens is 10. The topological polar surface area (TPSA) is 181 Å². The molecule has 0 unspecified atom stereocenters. The number of pyridine rings is 1. The molecule has 8 heterocycles. The van der Waals surface area contributed by atoms with Crippen LogP contribution in [0.25, 0.3) is 42.5 Å². The molecule has 19 heteroatoms. The van der Waals surface area contributed by atoms with E-state index in [1.165, 1.54) is 53.8 Å². The monoisotopic (exact) mass is 934 g/mol. The summed E-state index contributed by atoms with van der Waals surface area (Å²) in [6, 6.07) is 5.90. The number of hydrogen-bond acceptors (Lipinski definition) is 19. The SMILES string of the molecule is C.CC(C)(C)c1csc(-c2ccccn2)n1.CC(C)(C)c1csc(-c2ncno2)n1.CC(C)(C)c1csc(-c2nnco2)n1.COC(=O)c1csc(-c2nc(C(C)(C)C)cs2)n1. The summed E-state index contributed by atoms with van der Waals surface area (Å²) < 4.78 is 14.6. The summed E-state index contributed by atoms with van der Waals surface area (Å²) in [6.45, 7) is 25.6. The third kappa shape index (κ3) is 13.8. The summed E-state index contributed by atoms with van der Waals surface area (Å²) in [5.74, 6) is 0.570. The fourth-order valence-corrected chi connectivity index (χ4v) is 9.33. The highest BCUT2D eigenvalue weighted by Gasteiger charge is 2.22. The summed E-state index contributed by atoms with van der Waals surface area (Å²) in [4.78, 5) is 41.9. The van der Waals surface area contributed by atoms with Crippen molar-refractivity contribution in [3.05, 3.63) is 92.5 Å². The molecule has 14 nitrogen and oxygen atoms in total. The van der Waals surface area contributed by atoms with Gasteiger partial charge in [-0.2, -0.15) is 4.98 Å². The fraction of sp³-hybridized carbons (Fsp3) is 0.419. The maximum absolute atomic E-state index is 11.3. The van der Waals surface area contributed by atoms with Gasteiger partial charge in [0.15, 0.2) is 32.1 Å². The molecule has 0 aromatic carbocycles. The molecular weight excluding hydrogens is 881 g/mol. The van der Waals surface area contributed by atoms with Gasteiger partial charge in [0.2, 0.25) is 6.39 Å². The van der Waals surface area contributed by atoms with Crippen molar-refractivity contribution >= 4 is 62.7 Å². The predicted octanol–water partition coefficient (Wildman–Crippen LogP) is 12.5. The molecule has 8 aromatic rings. The number of nitrogens with zero attached hydrogens (tertiary/aromatic N) is 10. The molecule has 330 valence electrons. The maximum Gasteiger partial charge on any atom is 0.357 e. The van der Waals surface area contributed by atoms with E-state index in [1.807, 2.05) is 34.3 Å². The molecule has 0 amide bonds. The molecule has 62 heavy (non-hydrogen) atoms. The van der Waals surface area contributed by atoms with Gasteiger partial charge >= 0.3 is 5.97 Å². The van der Waals surface area contributed by atoms with Crippen LogP contribution in [0.4, 0.5) is 0 Å². The summed E-state index contributed by atoms with van der Waals surface area (Å²) in [5.41, 5.74) is 5.84. The second-order valence-electron chi connectivity index (χ2n) is 17.4. The van der Waals surface area contributed by atoms with Gasteiger partial charge in [0, 0.05) is 54.8 Å². The quantitative estimate of drug-likeness (QED) is 0.149. The van der Waals surface area contributed by atoms with Crippen molar-refractivity contribution in [2.45, 2.75) is 112 Å². The minimum absolute atomic E-state index is 0. The van der Waals surface area contributed by atoms with Crippen LogP contribution in [0.5, 0.6) is 0 Å². The Hall–Kier alpha value is -4.95. The van der Waals surface area contributed by atoms with Gasteiger partial charge in [-0.1, -0.05) is 102 Å². The molecule has 0 aliphatic carbocycles. The van der Waals surface area contributed by atoms with E-state index in [0.717, 1.165) is 53.5 Å². The van der Waals surface area contributed by atoms with Crippen molar-refractivity contribution in [3.8, 4) is 42.5 Å². The molecule has 0 aliphatic heterocycles. The second kappa shape index (κ2) is 20.9. The molecule has 0 aliphatic rings. The van der Waals surface area contributed by atoms with Gasteiger partial charge in [-0.05, 0) is 12.1 Å². The van der Waals surface area contributed by atoms with E-state index in [9.17, 15) is 4.79 Å². The molecule has 8 rings (SSSR count). The Kier molecular flexibility index (Phi) is 16.8. The normalized spacial score (nSPS) is 11.6. The number of esters is 1. The zero-order valence-corrected chi connectivity index (χ0v) is 40.6. The van der Waals surface area contributed by atoms with Crippen LogP contribution in [0.1, 0.15) is 124 Å². The van der Waals surface area contributed by atoms with Crippen LogP contribution < -0.4 is 0 Å². The van der Waals surface area contributed by atoms with Gasteiger partial charge in [-0.25, -0.2) is 29.7 Å². The standard InChI is InChI=1S/C12H14N2O2S2.C12H14N2S.2C9H11N3OS.CH4/c1-12(2,3)8-6-18-10(14-8)9-13-7(5-17-9)11(15)16-4;1-12(2,3)10-8-15-11(14-10)9-6-4-5-7-13-9;1-9(2,3)6-4-14-8(11-6)7-12-10-5-13-7;1-9(2,3)6-4-14-8(12-6)7-10-5-11-13-7;/h5-6H,1-4H3;4-8H,1-3H3;2*4-5H,1-3H3;1H4. The Balaban J connectivity index is 0.000000182. The number of rotatable bonds is 5. The summed E-state index contributed by atoms with van der Waals surface area (Å²) in [6.07, 6.45) is 4.49. The van der Waals surface area contributed by atoms with E-state index >= 15 is 0 Å². The molecule has 0 fully saturated rings. The fourth-order valence-electron chi connectivity index (χ4n) is 4.48. The number of thiazole rings is 5. The number of ether oxygens (including phenoxy) is 1. The average Bonchev–Trinajstić information content (AvgIpc) is 4.06. The number of hydrogen-bond donors (Lipinski definition) is 0. The van der Waals surface area contributed by atoms with Crippen LogP contribution in [0.2, 0.25) is 0 Å². The Morgan fingerprint density at radius 1 is 0.581 bits per heavy atom. The first-order chi connectivity index (χ1) is 28.6.